The van der Waals surface area contributed by atoms with Gasteiger partial charge in [0.1, 0.15) is 0 Å². The van der Waals surface area contributed by atoms with Crippen LogP contribution in [0.15, 0.2) is 18.2 Å². The number of nitrogens with zero attached hydrogens (tertiary/aromatic N) is 1. The molecule has 0 unspecified atom stereocenters. The Morgan fingerprint density at radius 2 is 1.95 bits per heavy atom. The van der Waals surface area contributed by atoms with Gasteiger partial charge >= 0.3 is 6.18 Å². The van der Waals surface area contributed by atoms with Gasteiger partial charge in [0.25, 0.3) is 0 Å². The molecule has 1 aliphatic rings. The standard InChI is InChI=1S/C15H15F3N2OS/c16-15(17,18)10-7-4-8-11-12(10)19-14(22-11)20-13(21)9-5-2-1-3-6-9/h4,7-9H,1-3,5-6H2,(H,19,20,21). The number of para-hydroxylation sites is 1. The molecule has 3 nitrogen and oxygen atoms in total. The maximum Gasteiger partial charge on any atom is 0.418 e. The summed E-state index contributed by atoms with van der Waals surface area (Å²) in [6.07, 6.45) is 0.416. The molecule has 1 aromatic carbocycles. The highest BCUT2D eigenvalue weighted by atomic mass is 32.1. The number of alkyl halides is 3. The Balaban J connectivity index is 1.84. The number of carbonyl (C=O) groups is 1. The van der Waals surface area contributed by atoms with Crippen LogP contribution < -0.4 is 5.32 Å². The van der Waals surface area contributed by atoms with E-state index in [2.05, 4.69) is 10.3 Å². The molecule has 0 spiro atoms. The second-order valence-corrected chi connectivity index (χ2v) is 6.52. The van der Waals surface area contributed by atoms with E-state index in [1.165, 1.54) is 6.07 Å². The average molecular weight is 328 g/mol. The minimum absolute atomic E-state index is 0.0529. The number of hydrogen-bond acceptors (Lipinski definition) is 3. The van der Waals surface area contributed by atoms with Crippen LogP contribution >= 0.6 is 11.3 Å². The minimum Gasteiger partial charge on any atom is -0.302 e. The van der Waals surface area contributed by atoms with Crippen molar-refractivity contribution in [2.75, 3.05) is 5.32 Å². The molecule has 0 bridgehead atoms. The third-order valence-corrected chi connectivity index (χ3v) is 4.87. The van der Waals surface area contributed by atoms with E-state index in [0.29, 0.717) is 4.70 Å². The highest BCUT2D eigenvalue weighted by Gasteiger charge is 2.34. The van der Waals surface area contributed by atoms with Crippen LogP contribution in [0.2, 0.25) is 0 Å². The van der Waals surface area contributed by atoms with E-state index >= 15 is 0 Å². The first-order valence-corrected chi connectivity index (χ1v) is 8.04. The Morgan fingerprint density at radius 3 is 2.64 bits per heavy atom. The summed E-state index contributed by atoms with van der Waals surface area (Å²) in [5.74, 6) is -0.185. The van der Waals surface area contributed by atoms with Crippen molar-refractivity contribution >= 4 is 32.6 Å². The highest BCUT2D eigenvalue weighted by molar-refractivity contribution is 7.22. The Kier molecular flexibility index (Phi) is 4.08. The quantitative estimate of drug-likeness (QED) is 0.857. The molecule has 3 rings (SSSR count). The van der Waals surface area contributed by atoms with Crippen molar-refractivity contribution in [3.63, 3.8) is 0 Å². The van der Waals surface area contributed by atoms with Crippen molar-refractivity contribution in [3.05, 3.63) is 23.8 Å². The Bertz CT molecular complexity index is 690. The Labute approximate surface area is 129 Å². The third-order valence-electron chi connectivity index (χ3n) is 3.93. The van der Waals surface area contributed by atoms with Crippen LogP contribution in [0.5, 0.6) is 0 Å². The maximum absolute atomic E-state index is 13.0. The molecule has 0 atom stereocenters. The number of rotatable bonds is 2. The second kappa shape index (κ2) is 5.87. The first-order valence-electron chi connectivity index (χ1n) is 7.23. The van der Waals surface area contributed by atoms with Crippen LogP contribution in [-0.2, 0) is 11.0 Å². The number of carbonyl (C=O) groups excluding carboxylic acids is 1. The van der Waals surface area contributed by atoms with Gasteiger partial charge in [-0.3, -0.25) is 4.79 Å². The van der Waals surface area contributed by atoms with Gasteiger partial charge in [0, 0.05) is 5.92 Å². The molecule has 118 valence electrons. The smallest absolute Gasteiger partial charge is 0.302 e. The van der Waals surface area contributed by atoms with Crippen LogP contribution in [0.4, 0.5) is 18.3 Å². The molecule has 1 saturated carbocycles. The van der Waals surface area contributed by atoms with E-state index in [0.717, 1.165) is 49.5 Å². The molecular weight excluding hydrogens is 313 g/mol. The molecule has 0 aliphatic heterocycles. The Hall–Kier alpha value is -1.63. The van der Waals surface area contributed by atoms with Crippen molar-refractivity contribution in [1.29, 1.82) is 0 Å². The fourth-order valence-corrected chi connectivity index (χ4v) is 3.70. The predicted octanol–water partition coefficient (Wildman–Crippen LogP) is 4.83. The predicted molar refractivity (Wildman–Crippen MR) is 79.8 cm³/mol. The van der Waals surface area contributed by atoms with Gasteiger partial charge < -0.3 is 5.32 Å². The fraction of sp³-hybridized carbons (Fsp3) is 0.467. The summed E-state index contributed by atoms with van der Waals surface area (Å²) in [6, 6.07) is 3.95. The summed E-state index contributed by atoms with van der Waals surface area (Å²) < 4.78 is 39.3. The van der Waals surface area contributed by atoms with E-state index in [1.807, 2.05) is 0 Å². The van der Waals surface area contributed by atoms with Crippen molar-refractivity contribution in [1.82, 2.24) is 4.98 Å². The zero-order valence-corrected chi connectivity index (χ0v) is 12.6. The molecule has 1 fully saturated rings. The van der Waals surface area contributed by atoms with Gasteiger partial charge in [0.05, 0.1) is 15.8 Å². The molecule has 1 amide bonds. The molecule has 1 heterocycles. The van der Waals surface area contributed by atoms with Crippen molar-refractivity contribution in [2.45, 2.75) is 38.3 Å². The van der Waals surface area contributed by atoms with Crippen molar-refractivity contribution < 1.29 is 18.0 Å². The van der Waals surface area contributed by atoms with Crippen LogP contribution in [-0.4, -0.2) is 10.9 Å². The topological polar surface area (TPSA) is 42.0 Å². The first-order chi connectivity index (χ1) is 10.4. The molecule has 22 heavy (non-hydrogen) atoms. The average Bonchev–Trinajstić information content (AvgIpc) is 2.89. The largest absolute Gasteiger partial charge is 0.418 e. The molecule has 0 saturated heterocycles. The first kappa shape index (κ1) is 15.3. The summed E-state index contributed by atoms with van der Waals surface area (Å²) in [5.41, 5.74) is -0.863. The van der Waals surface area contributed by atoms with Crippen molar-refractivity contribution in [3.8, 4) is 0 Å². The molecule has 7 heteroatoms. The molecular formula is C15H15F3N2OS. The lowest BCUT2D eigenvalue weighted by atomic mass is 9.89. The lowest BCUT2D eigenvalue weighted by molar-refractivity contribution is -0.136. The molecule has 1 N–H and O–H groups in total. The number of thiazole rings is 1. The van der Waals surface area contributed by atoms with Gasteiger partial charge in [-0.05, 0) is 25.0 Å². The van der Waals surface area contributed by atoms with Crippen LogP contribution in [0, 0.1) is 5.92 Å². The van der Waals surface area contributed by atoms with Crippen molar-refractivity contribution in [2.24, 2.45) is 5.92 Å². The number of halogens is 3. The third kappa shape index (κ3) is 3.09. The van der Waals surface area contributed by atoms with Gasteiger partial charge in [-0.1, -0.05) is 36.7 Å². The van der Waals surface area contributed by atoms with E-state index in [4.69, 9.17) is 0 Å². The van der Waals surface area contributed by atoms with E-state index < -0.39 is 11.7 Å². The van der Waals surface area contributed by atoms with Gasteiger partial charge in [0.15, 0.2) is 5.13 Å². The molecule has 2 aromatic rings. The molecule has 0 radical (unpaired) electrons. The maximum atomic E-state index is 13.0. The van der Waals surface area contributed by atoms with E-state index in [1.54, 1.807) is 6.07 Å². The highest BCUT2D eigenvalue weighted by Crippen LogP contribution is 2.37. The Morgan fingerprint density at radius 1 is 1.23 bits per heavy atom. The number of amides is 1. The number of benzene rings is 1. The summed E-state index contributed by atoms with van der Waals surface area (Å²) in [4.78, 5) is 16.1. The lowest BCUT2D eigenvalue weighted by Crippen LogP contribution is -2.24. The van der Waals surface area contributed by atoms with Gasteiger partial charge in [0.2, 0.25) is 5.91 Å². The monoisotopic (exact) mass is 328 g/mol. The number of fused-ring (bicyclic) bond motifs is 1. The van der Waals surface area contributed by atoms with Gasteiger partial charge in [-0.25, -0.2) is 4.98 Å². The fourth-order valence-electron chi connectivity index (χ4n) is 2.80. The number of hydrogen-bond donors (Lipinski definition) is 1. The minimum atomic E-state index is -4.45. The normalized spacial score (nSPS) is 16.9. The van der Waals surface area contributed by atoms with Gasteiger partial charge in [-0.2, -0.15) is 13.2 Å². The summed E-state index contributed by atoms with van der Waals surface area (Å²) >= 11 is 1.08. The lowest BCUT2D eigenvalue weighted by Gasteiger charge is -2.19. The SMILES string of the molecule is O=C(Nc1nc2c(C(F)(F)F)cccc2s1)C1CCCCC1. The number of aromatic nitrogens is 1. The summed E-state index contributed by atoms with van der Waals surface area (Å²) in [5, 5.41) is 2.92. The van der Waals surface area contributed by atoms with Crippen LogP contribution in [0.1, 0.15) is 37.7 Å². The number of anilines is 1. The van der Waals surface area contributed by atoms with E-state index in [9.17, 15) is 18.0 Å². The summed E-state index contributed by atoms with van der Waals surface area (Å²) in [7, 11) is 0. The van der Waals surface area contributed by atoms with Crippen LogP contribution in [0.3, 0.4) is 0 Å². The van der Waals surface area contributed by atoms with Crippen LogP contribution in [0.25, 0.3) is 10.2 Å². The molecule has 1 aliphatic carbocycles. The molecule has 1 aromatic heterocycles. The zero-order chi connectivity index (χ0) is 15.7. The van der Waals surface area contributed by atoms with Gasteiger partial charge in [-0.15, -0.1) is 0 Å². The summed E-state index contributed by atoms with van der Waals surface area (Å²) in [6.45, 7) is 0. The number of nitrogens with one attached hydrogen (secondary N) is 1. The van der Waals surface area contributed by atoms with E-state index in [-0.39, 0.29) is 22.5 Å². The zero-order valence-electron chi connectivity index (χ0n) is 11.7. The second-order valence-electron chi connectivity index (χ2n) is 5.49.